The Hall–Kier alpha value is -2.09. The van der Waals surface area contributed by atoms with E-state index < -0.39 is 17.6 Å². The van der Waals surface area contributed by atoms with Crippen molar-refractivity contribution in [2.24, 2.45) is 0 Å². The number of aliphatic hydroxyl groups is 1. The van der Waals surface area contributed by atoms with Crippen molar-refractivity contribution in [3.63, 3.8) is 0 Å². The van der Waals surface area contributed by atoms with E-state index in [4.69, 9.17) is 5.11 Å². The maximum atomic E-state index is 11.6. The van der Waals surface area contributed by atoms with Crippen LogP contribution in [0.2, 0.25) is 0 Å². The second-order valence-electron chi connectivity index (χ2n) is 4.20. The highest BCUT2D eigenvalue weighted by molar-refractivity contribution is 5.79. The first-order valence-electron chi connectivity index (χ1n) is 5.25. The quantitative estimate of drug-likeness (QED) is 0.560. The first-order valence-corrected chi connectivity index (χ1v) is 5.25. The Morgan fingerprint density at radius 3 is 2.78 bits per heavy atom. The minimum atomic E-state index is -1.98. The molecular formula is C10H16N4O4. The molecule has 8 heteroatoms. The third kappa shape index (κ3) is 3.74. The smallest absolute Gasteiger partial charge is 0.337 e. The van der Waals surface area contributed by atoms with Crippen molar-refractivity contribution in [1.29, 1.82) is 0 Å². The predicted molar refractivity (Wildman–Crippen MR) is 61.7 cm³/mol. The minimum Gasteiger partial charge on any atom is -0.479 e. The number of carboxylic acid groups (broad SMARTS) is 1. The van der Waals surface area contributed by atoms with Gasteiger partial charge in [0.15, 0.2) is 5.60 Å². The van der Waals surface area contributed by atoms with Crippen LogP contribution in [0.15, 0.2) is 12.4 Å². The lowest BCUT2D eigenvalue weighted by atomic mass is 10.1. The molecule has 1 aromatic rings. The van der Waals surface area contributed by atoms with Crippen LogP contribution in [-0.4, -0.2) is 56.5 Å². The number of carbonyl (C=O) groups is 2. The molecular weight excluding hydrogens is 240 g/mol. The van der Waals surface area contributed by atoms with E-state index in [0.717, 1.165) is 12.5 Å². The number of rotatable bonds is 5. The van der Waals surface area contributed by atoms with E-state index in [9.17, 15) is 14.7 Å². The number of nitrogens with one attached hydrogen (secondary N) is 2. The first kappa shape index (κ1) is 14.0. The van der Waals surface area contributed by atoms with E-state index in [-0.39, 0.29) is 6.54 Å². The maximum Gasteiger partial charge on any atom is 0.337 e. The van der Waals surface area contributed by atoms with E-state index in [1.807, 2.05) is 0 Å². The van der Waals surface area contributed by atoms with Gasteiger partial charge >= 0.3 is 12.0 Å². The van der Waals surface area contributed by atoms with Gasteiger partial charge in [0.2, 0.25) is 0 Å². The molecule has 1 heterocycles. The van der Waals surface area contributed by atoms with Crippen molar-refractivity contribution in [3.05, 3.63) is 18.0 Å². The number of H-pyrrole nitrogens is 1. The zero-order valence-corrected chi connectivity index (χ0v) is 10.2. The van der Waals surface area contributed by atoms with Crippen LogP contribution in [0, 0.1) is 0 Å². The summed E-state index contributed by atoms with van der Waals surface area (Å²) in [6.45, 7) is 1.08. The summed E-state index contributed by atoms with van der Waals surface area (Å²) in [5, 5.41) is 26.8. The summed E-state index contributed by atoms with van der Waals surface area (Å²) >= 11 is 0. The molecule has 0 radical (unpaired) electrons. The molecule has 0 saturated heterocycles. The first-order chi connectivity index (χ1) is 8.33. The lowest BCUT2D eigenvalue weighted by molar-refractivity contribution is -0.155. The largest absolute Gasteiger partial charge is 0.479 e. The molecule has 0 spiro atoms. The predicted octanol–water partition coefficient (Wildman–Crippen LogP) is -0.613. The van der Waals surface area contributed by atoms with Crippen molar-refractivity contribution in [2.75, 3.05) is 13.6 Å². The summed E-state index contributed by atoms with van der Waals surface area (Å²) in [7, 11) is 1.55. The molecule has 18 heavy (non-hydrogen) atoms. The Labute approximate surface area is 104 Å². The average molecular weight is 256 g/mol. The van der Waals surface area contributed by atoms with Gasteiger partial charge in [-0.2, -0.15) is 5.10 Å². The molecule has 0 bridgehead atoms. The van der Waals surface area contributed by atoms with E-state index in [1.165, 1.54) is 4.90 Å². The van der Waals surface area contributed by atoms with Crippen molar-refractivity contribution in [1.82, 2.24) is 20.4 Å². The summed E-state index contributed by atoms with van der Waals surface area (Å²) in [5.41, 5.74) is -1.16. The van der Waals surface area contributed by atoms with Crippen molar-refractivity contribution in [2.45, 2.75) is 19.1 Å². The third-order valence-electron chi connectivity index (χ3n) is 2.37. The Morgan fingerprint density at radius 1 is 1.61 bits per heavy atom. The molecule has 8 nitrogen and oxygen atoms in total. The highest BCUT2D eigenvalue weighted by Crippen LogP contribution is 2.03. The van der Waals surface area contributed by atoms with Crippen LogP contribution in [0.25, 0.3) is 0 Å². The fraction of sp³-hybridized carbons (Fsp3) is 0.500. The van der Waals surface area contributed by atoms with Crippen LogP contribution in [-0.2, 0) is 11.3 Å². The summed E-state index contributed by atoms with van der Waals surface area (Å²) in [6, 6.07) is -0.474. The number of aromatic amines is 1. The van der Waals surface area contributed by atoms with Crippen LogP contribution in [0.4, 0.5) is 4.79 Å². The van der Waals surface area contributed by atoms with Crippen LogP contribution < -0.4 is 5.32 Å². The molecule has 0 aliphatic rings. The highest BCUT2D eigenvalue weighted by atomic mass is 16.4. The maximum absolute atomic E-state index is 11.6. The van der Waals surface area contributed by atoms with E-state index >= 15 is 0 Å². The summed E-state index contributed by atoms with van der Waals surface area (Å²) in [6.07, 6.45) is 3.23. The van der Waals surface area contributed by atoms with Gasteiger partial charge in [-0.1, -0.05) is 0 Å². The van der Waals surface area contributed by atoms with Crippen molar-refractivity contribution in [3.8, 4) is 0 Å². The van der Waals surface area contributed by atoms with Crippen molar-refractivity contribution >= 4 is 12.0 Å². The molecule has 1 unspecified atom stereocenters. The lowest BCUT2D eigenvalue weighted by Gasteiger charge is -2.22. The number of carboxylic acids is 1. The Bertz CT molecular complexity index is 416. The van der Waals surface area contributed by atoms with E-state index in [0.29, 0.717) is 6.54 Å². The molecule has 1 aromatic heterocycles. The van der Waals surface area contributed by atoms with Crippen LogP contribution in [0.3, 0.4) is 0 Å². The number of hydrogen-bond acceptors (Lipinski definition) is 4. The topological polar surface area (TPSA) is 119 Å². The van der Waals surface area contributed by atoms with Gasteiger partial charge in [-0.15, -0.1) is 0 Å². The van der Waals surface area contributed by atoms with Gasteiger partial charge in [0, 0.05) is 18.8 Å². The highest BCUT2D eigenvalue weighted by Gasteiger charge is 2.30. The number of carbonyl (C=O) groups excluding carboxylic acids is 1. The second-order valence-corrected chi connectivity index (χ2v) is 4.20. The van der Waals surface area contributed by atoms with Gasteiger partial charge in [-0.25, -0.2) is 9.59 Å². The number of aliphatic carboxylic acids is 1. The van der Waals surface area contributed by atoms with Crippen LogP contribution >= 0.6 is 0 Å². The summed E-state index contributed by atoms with van der Waals surface area (Å²) < 4.78 is 0. The summed E-state index contributed by atoms with van der Waals surface area (Å²) in [5.74, 6) is -1.39. The minimum absolute atomic E-state index is 0.331. The van der Waals surface area contributed by atoms with Crippen molar-refractivity contribution < 1.29 is 19.8 Å². The van der Waals surface area contributed by atoms with E-state index in [2.05, 4.69) is 15.5 Å². The second kappa shape index (κ2) is 5.50. The Balaban J connectivity index is 2.43. The normalized spacial score (nSPS) is 13.7. The zero-order valence-electron chi connectivity index (χ0n) is 10.2. The standard InChI is InChI=1S/C10H16N4O4/c1-10(18,8(15)16)6-11-9(17)14(2)5-7-3-12-13-4-7/h3-4,18H,5-6H2,1-2H3,(H,11,17)(H,12,13)(H,15,16). The SMILES string of the molecule is CN(Cc1cn[nH]c1)C(=O)NCC(C)(O)C(=O)O. The lowest BCUT2D eigenvalue weighted by Crippen LogP contribution is -2.49. The molecule has 2 amide bonds. The molecule has 0 aromatic carbocycles. The molecule has 0 aliphatic heterocycles. The summed E-state index contributed by atoms with van der Waals surface area (Å²) in [4.78, 5) is 23.6. The van der Waals surface area contributed by atoms with Gasteiger partial charge < -0.3 is 20.4 Å². The molecule has 0 aliphatic carbocycles. The van der Waals surface area contributed by atoms with Gasteiger partial charge in [-0.3, -0.25) is 5.10 Å². The van der Waals surface area contributed by atoms with Gasteiger partial charge in [0.05, 0.1) is 19.3 Å². The Kier molecular flexibility index (Phi) is 4.27. The van der Waals surface area contributed by atoms with E-state index in [1.54, 1.807) is 19.4 Å². The molecule has 1 atom stereocenters. The Morgan fingerprint density at radius 2 is 2.28 bits per heavy atom. The molecule has 100 valence electrons. The molecule has 0 saturated carbocycles. The average Bonchev–Trinajstić information content (AvgIpc) is 2.78. The van der Waals surface area contributed by atoms with Crippen LogP contribution in [0.1, 0.15) is 12.5 Å². The number of hydrogen-bond donors (Lipinski definition) is 4. The van der Waals surface area contributed by atoms with Crippen LogP contribution in [0.5, 0.6) is 0 Å². The number of aromatic nitrogens is 2. The number of urea groups is 1. The molecule has 1 rings (SSSR count). The van der Waals surface area contributed by atoms with Gasteiger partial charge in [0.1, 0.15) is 0 Å². The van der Waals surface area contributed by atoms with Gasteiger partial charge in [0.25, 0.3) is 0 Å². The monoisotopic (exact) mass is 256 g/mol. The van der Waals surface area contributed by atoms with Gasteiger partial charge in [-0.05, 0) is 6.92 Å². The molecule has 0 fully saturated rings. The number of nitrogens with zero attached hydrogens (tertiary/aromatic N) is 2. The number of amides is 2. The third-order valence-corrected chi connectivity index (χ3v) is 2.37. The fourth-order valence-corrected chi connectivity index (χ4v) is 1.17. The zero-order chi connectivity index (χ0) is 13.8. The molecule has 4 N–H and O–H groups in total. The fourth-order valence-electron chi connectivity index (χ4n) is 1.17.